The van der Waals surface area contributed by atoms with E-state index >= 15 is 0 Å². The van der Waals surface area contributed by atoms with Crippen LogP contribution in [-0.2, 0) is 11.3 Å². The smallest absolute Gasteiger partial charge is 0.222 e. The minimum absolute atomic E-state index is 0.361. The highest BCUT2D eigenvalue weighted by molar-refractivity contribution is 6.31. The minimum Gasteiger partial charge on any atom is -0.340 e. The van der Waals surface area contributed by atoms with Crippen LogP contribution in [0.15, 0.2) is 24.3 Å². The van der Waals surface area contributed by atoms with E-state index in [1.165, 1.54) is 5.56 Å². The number of likely N-dealkylation sites (N-methyl/N-ethyl adjacent to an activating group) is 1. The molecule has 1 aromatic carbocycles. The summed E-state index contributed by atoms with van der Waals surface area (Å²) >= 11 is 6.27. The molecular formula is C20H30ClN3O. The standard InChI is InChI=1S/C20H30ClN3O/c1-2-22-11-13-24(14-12-22)20(25)15-17-7-9-23(10-8-17)16-18-5-3-4-6-19(18)21/h3-6,17H,2,7-16H2,1H3. The number of likely N-dealkylation sites (tertiary alicyclic amines) is 1. The van der Waals surface area contributed by atoms with E-state index in [4.69, 9.17) is 11.6 Å². The molecule has 138 valence electrons. The largest absolute Gasteiger partial charge is 0.340 e. The molecule has 0 atom stereocenters. The third-order valence-corrected chi connectivity index (χ3v) is 6.06. The summed E-state index contributed by atoms with van der Waals surface area (Å²) in [6.45, 7) is 10.2. The van der Waals surface area contributed by atoms with Crippen LogP contribution < -0.4 is 0 Å². The van der Waals surface area contributed by atoms with Crippen molar-refractivity contribution in [3.63, 3.8) is 0 Å². The third-order valence-electron chi connectivity index (χ3n) is 5.69. The first-order valence-corrected chi connectivity index (χ1v) is 9.99. The first-order valence-electron chi connectivity index (χ1n) is 9.61. The lowest BCUT2D eigenvalue weighted by Crippen LogP contribution is -2.49. The fraction of sp³-hybridized carbons (Fsp3) is 0.650. The molecular weight excluding hydrogens is 334 g/mol. The summed E-state index contributed by atoms with van der Waals surface area (Å²) in [5.74, 6) is 0.902. The second-order valence-corrected chi connectivity index (χ2v) is 7.74. The molecule has 5 heteroatoms. The van der Waals surface area contributed by atoms with Crippen LogP contribution in [0.3, 0.4) is 0 Å². The van der Waals surface area contributed by atoms with Gasteiger partial charge in [0.1, 0.15) is 0 Å². The molecule has 2 fully saturated rings. The van der Waals surface area contributed by atoms with Gasteiger partial charge in [-0.25, -0.2) is 0 Å². The number of hydrogen-bond acceptors (Lipinski definition) is 3. The predicted octanol–water partition coefficient (Wildman–Crippen LogP) is 3.11. The lowest BCUT2D eigenvalue weighted by Gasteiger charge is -2.36. The van der Waals surface area contributed by atoms with Gasteiger partial charge in [0.2, 0.25) is 5.91 Å². The Kier molecular flexibility index (Phi) is 6.74. The van der Waals surface area contributed by atoms with Gasteiger partial charge in [0, 0.05) is 44.2 Å². The van der Waals surface area contributed by atoms with Crippen molar-refractivity contribution in [1.82, 2.24) is 14.7 Å². The SMILES string of the molecule is CCN1CCN(C(=O)CC2CCN(Cc3ccccc3Cl)CC2)CC1. The number of benzene rings is 1. The van der Waals surface area contributed by atoms with E-state index in [1.807, 2.05) is 18.2 Å². The van der Waals surface area contributed by atoms with E-state index in [-0.39, 0.29) is 0 Å². The first-order chi connectivity index (χ1) is 12.2. The molecule has 3 rings (SSSR count). The van der Waals surface area contributed by atoms with E-state index in [1.54, 1.807) is 0 Å². The Balaban J connectivity index is 1.40. The third kappa shape index (κ3) is 5.19. The molecule has 1 amide bonds. The van der Waals surface area contributed by atoms with Crippen LogP contribution in [0.2, 0.25) is 5.02 Å². The van der Waals surface area contributed by atoms with Crippen molar-refractivity contribution in [3.05, 3.63) is 34.9 Å². The average molecular weight is 364 g/mol. The number of rotatable bonds is 5. The zero-order chi connectivity index (χ0) is 17.6. The van der Waals surface area contributed by atoms with Gasteiger partial charge in [0.05, 0.1) is 0 Å². The van der Waals surface area contributed by atoms with Crippen molar-refractivity contribution in [2.75, 3.05) is 45.8 Å². The molecule has 2 heterocycles. The summed E-state index contributed by atoms with van der Waals surface area (Å²) < 4.78 is 0. The summed E-state index contributed by atoms with van der Waals surface area (Å²) in [4.78, 5) is 19.5. The van der Waals surface area contributed by atoms with Crippen LogP contribution in [0.1, 0.15) is 31.7 Å². The Bertz CT molecular complexity index is 564. The van der Waals surface area contributed by atoms with Crippen molar-refractivity contribution in [2.45, 2.75) is 32.7 Å². The minimum atomic E-state index is 0.361. The van der Waals surface area contributed by atoms with Gasteiger partial charge in [-0.05, 0) is 50.0 Å². The number of carbonyl (C=O) groups is 1. The van der Waals surface area contributed by atoms with Gasteiger partial charge in [-0.1, -0.05) is 36.7 Å². The topological polar surface area (TPSA) is 26.8 Å². The van der Waals surface area contributed by atoms with Crippen molar-refractivity contribution < 1.29 is 4.79 Å². The summed E-state index contributed by atoms with van der Waals surface area (Å²) in [6, 6.07) is 8.09. The molecule has 4 nitrogen and oxygen atoms in total. The quantitative estimate of drug-likeness (QED) is 0.804. The van der Waals surface area contributed by atoms with Gasteiger partial charge in [0.15, 0.2) is 0 Å². The molecule has 2 aliphatic heterocycles. The van der Waals surface area contributed by atoms with Crippen LogP contribution in [0.4, 0.5) is 0 Å². The van der Waals surface area contributed by atoms with Crippen LogP contribution >= 0.6 is 11.6 Å². The van der Waals surface area contributed by atoms with E-state index in [0.29, 0.717) is 11.8 Å². The van der Waals surface area contributed by atoms with Gasteiger partial charge < -0.3 is 9.80 Å². The molecule has 0 N–H and O–H groups in total. The fourth-order valence-corrected chi connectivity index (χ4v) is 4.10. The highest BCUT2D eigenvalue weighted by Gasteiger charge is 2.26. The van der Waals surface area contributed by atoms with Gasteiger partial charge in [0.25, 0.3) is 0 Å². The molecule has 0 saturated carbocycles. The van der Waals surface area contributed by atoms with Crippen LogP contribution in [0.25, 0.3) is 0 Å². The normalized spacial score (nSPS) is 20.8. The zero-order valence-electron chi connectivity index (χ0n) is 15.3. The number of halogens is 1. The number of piperidine rings is 1. The fourth-order valence-electron chi connectivity index (χ4n) is 3.91. The number of hydrogen-bond donors (Lipinski definition) is 0. The molecule has 1 aromatic rings. The van der Waals surface area contributed by atoms with E-state index < -0.39 is 0 Å². The van der Waals surface area contributed by atoms with Crippen LogP contribution in [0, 0.1) is 5.92 Å². The zero-order valence-corrected chi connectivity index (χ0v) is 16.0. The van der Waals surface area contributed by atoms with Crippen molar-refractivity contribution in [1.29, 1.82) is 0 Å². The first kappa shape index (κ1) is 18.7. The Morgan fingerprint density at radius 1 is 1.04 bits per heavy atom. The summed E-state index contributed by atoms with van der Waals surface area (Å²) in [5, 5.41) is 0.853. The summed E-state index contributed by atoms with van der Waals surface area (Å²) in [6.07, 6.45) is 2.96. The van der Waals surface area contributed by atoms with Crippen molar-refractivity contribution in [3.8, 4) is 0 Å². The molecule has 0 aromatic heterocycles. The second kappa shape index (κ2) is 9.02. The van der Waals surface area contributed by atoms with Crippen molar-refractivity contribution in [2.24, 2.45) is 5.92 Å². The predicted molar refractivity (Wildman–Crippen MR) is 103 cm³/mol. The van der Waals surface area contributed by atoms with Gasteiger partial charge >= 0.3 is 0 Å². The molecule has 0 bridgehead atoms. The van der Waals surface area contributed by atoms with Crippen LogP contribution in [-0.4, -0.2) is 66.4 Å². The Morgan fingerprint density at radius 3 is 2.36 bits per heavy atom. The Hall–Kier alpha value is -1.10. The van der Waals surface area contributed by atoms with Gasteiger partial charge in [-0.3, -0.25) is 9.69 Å². The molecule has 0 radical (unpaired) electrons. The Labute approximate surface area is 156 Å². The van der Waals surface area contributed by atoms with E-state index in [2.05, 4.69) is 27.7 Å². The Morgan fingerprint density at radius 2 is 1.72 bits per heavy atom. The summed E-state index contributed by atoms with van der Waals surface area (Å²) in [5.41, 5.74) is 1.20. The molecule has 0 spiro atoms. The number of piperazine rings is 1. The molecule has 0 aliphatic carbocycles. The van der Waals surface area contributed by atoms with E-state index in [0.717, 1.165) is 76.6 Å². The molecule has 2 saturated heterocycles. The van der Waals surface area contributed by atoms with E-state index in [9.17, 15) is 4.79 Å². The maximum absolute atomic E-state index is 12.6. The monoisotopic (exact) mass is 363 g/mol. The van der Waals surface area contributed by atoms with Crippen LogP contribution in [0.5, 0.6) is 0 Å². The number of amides is 1. The number of carbonyl (C=O) groups excluding carboxylic acids is 1. The molecule has 0 unspecified atom stereocenters. The molecule has 2 aliphatic rings. The lowest BCUT2D eigenvalue weighted by molar-refractivity contribution is -0.134. The maximum Gasteiger partial charge on any atom is 0.222 e. The second-order valence-electron chi connectivity index (χ2n) is 7.33. The average Bonchev–Trinajstić information content (AvgIpc) is 2.65. The van der Waals surface area contributed by atoms with Gasteiger partial charge in [-0.15, -0.1) is 0 Å². The maximum atomic E-state index is 12.6. The number of nitrogens with zero attached hydrogens (tertiary/aromatic N) is 3. The lowest BCUT2D eigenvalue weighted by atomic mass is 9.92. The van der Waals surface area contributed by atoms with Crippen molar-refractivity contribution >= 4 is 17.5 Å². The van der Waals surface area contributed by atoms with Gasteiger partial charge in [-0.2, -0.15) is 0 Å². The highest BCUT2D eigenvalue weighted by Crippen LogP contribution is 2.24. The highest BCUT2D eigenvalue weighted by atomic mass is 35.5. The molecule has 25 heavy (non-hydrogen) atoms. The summed E-state index contributed by atoms with van der Waals surface area (Å²) in [7, 11) is 0.